The molecule has 6 heteroatoms. The van der Waals surface area contributed by atoms with Crippen LogP contribution < -0.4 is 5.32 Å². The van der Waals surface area contributed by atoms with Gasteiger partial charge in [-0.2, -0.15) is 4.98 Å². The fraction of sp³-hybridized carbons (Fsp3) is 0.500. The van der Waals surface area contributed by atoms with Gasteiger partial charge in [0, 0.05) is 19.3 Å². The molecule has 6 nitrogen and oxygen atoms in total. The first-order valence-corrected chi connectivity index (χ1v) is 6.93. The summed E-state index contributed by atoms with van der Waals surface area (Å²) in [7, 11) is 0. The van der Waals surface area contributed by atoms with Gasteiger partial charge in [-0.05, 0) is 38.3 Å². The molecule has 0 spiro atoms. The van der Waals surface area contributed by atoms with E-state index in [1.165, 1.54) is 12.8 Å². The molecule has 1 N–H and O–H groups in total. The van der Waals surface area contributed by atoms with Crippen molar-refractivity contribution < 1.29 is 9.26 Å². The van der Waals surface area contributed by atoms with Gasteiger partial charge in [-0.3, -0.25) is 0 Å². The van der Waals surface area contributed by atoms with Crippen LogP contribution in [0.2, 0.25) is 0 Å². The summed E-state index contributed by atoms with van der Waals surface area (Å²) in [6.45, 7) is 3.46. The molecule has 0 unspecified atom stereocenters. The maximum absolute atomic E-state index is 5.67. The summed E-state index contributed by atoms with van der Waals surface area (Å²) in [5.41, 5.74) is 0.824. The Bertz CT molecular complexity index is 547. The van der Waals surface area contributed by atoms with Crippen molar-refractivity contribution >= 4 is 5.82 Å². The fourth-order valence-corrected chi connectivity index (χ4v) is 2.23. The lowest BCUT2D eigenvalue weighted by atomic mass is 10.1. The third-order valence-corrected chi connectivity index (χ3v) is 3.32. The van der Waals surface area contributed by atoms with Gasteiger partial charge in [0.1, 0.15) is 5.82 Å². The van der Waals surface area contributed by atoms with Gasteiger partial charge in [0.05, 0.1) is 11.7 Å². The third-order valence-electron chi connectivity index (χ3n) is 3.32. The number of aromatic nitrogens is 3. The van der Waals surface area contributed by atoms with E-state index in [2.05, 4.69) is 20.4 Å². The third kappa shape index (κ3) is 3.14. The first-order chi connectivity index (χ1) is 9.81. The molecule has 1 aliphatic heterocycles. The molecule has 1 saturated heterocycles. The van der Waals surface area contributed by atoms with E-state index in [1.54, 1.807) is 13.1 Å². The highest BCUT2D eigenvalue weighted by Crippen LogP contribution is 2.18. The molecule has 0 bridgehead atoms. The second kappa shape index (κ2) is 6.00. The summed E-state index contributed by atoms with van der Waals surface area (Å²) in [5, 5.41) is 7.06. The van der Waals surface area contributed by atoms with Crippen LogP contribution in [0.5, 0.6) is 0 Å². The van der Waals surface area contributed by atoms with Gasteiger partial charge in [-0.1, -0.05) is 5.16 Å². The molecule has 1 fully saturated rings. The average molecular weight is 274 g/mol. The van der Waals surface area contributed by atoms with Gasteiger partial charge in [-0.15, -0.1) is 0 Å². The molecule has 0 aromatic carbocycles. The molecule has 106 valence electrons. The predicted molar refractivity (Wildman–Crippen MR) is 74.3 cm³/mol. The minimum absolute atomic E-state index is 0.295. The quantitative estimate of drug-likeness (QED) is 0.923. The number of nitrogens with zero attached hydrogens (tertiary/aromatic N) is 3. The topological polar surface area (TPSA) is 73.1 Å². The molecule has 0 radical (unpaired) electrons. The van der Waals surface area contributed by atoms with E-state index in [4.69, 9.17) is 9.26 Å². The highest BCUT2D eigenvalue weighted by molar-refractivity contribution is 5.54. The summed E-state index contributed by atoms with van der Waals surface area (Å²) >= 11 is 0. The predicted octanol–water partition coefficient (Wildman–Crippen LogP) is 2.42. The molecular weight excluding hydrogens is 256 g/mol. The Labute approximate surface area is 117 Å². The molecule has 1 aliphatic rings. The average Bonchev–Trinajstić information content (AvgIpc) is 2.93. The van der Waals surface area contributed by atoms with Crippen LogP contribution in [0.4, 0.5) is 5.82 Å². The Kier molecular flexibility index (Phi) is 3.92. The van der Waals surface area contributed by atoms with Crippen molar-refractivity contribution in [3.8, 4) is 11.5 Å². The second-order valence-corrected chi connectivity index (χ2v) is 4.95. The number of aryl methyl sites for hydroxylation is 1. The Hall–Kier alpha value is -1.95. The van der Waals surface area contributed by atoms with Crippen LogP contribution in [-0.2, 0) is 4.74 Å². The van der Waals surface area contributed by atoms with Crippen molar-refractivity contribution in [2.24, 2.45) is 0 Å². The van der Waals surface area contributed by atoms with Gasteiger partial charge in [0.15, 0.2) is 5.82 Å². The Morgan fingerprint density at radius 3 is 2.95 bits per heavy atom. The Morgan fingerprint density at radius 2 is 2.30 bits per heavy atom. The monoisotopic (exact) mass is 274 g/mol. The zero-order valence-corrected chi connectivity index (χ0v) is 11.5. The van der Waals surface area contributed by atoms with Gasteiger partial charge in [0.2, 0.25) is 0 Å². The molecule has 2 aromatic heterocycles. The SMILES string of the molecule is Cc1noc(-c2ccc(NC[C@@H]3CCCCO3)nc2)n1. The van der Waals surface area contributed by atoms with Crippen LogP contribution in [-0.4, -0.2) is 34.4 Å². The molecule has 0 amide bonds. The maximum atomic E-state index is 5.67. The summed E-state index contributed by atoms with van der Waals surface area (Å²) in [4.78, 5) is 8.53. The normalized spacial score (nSPS) is 18.9. The van der Waals surface area contributed by atoms with Crippen molar-refractivity contribution in [3.63, 3.8) is 0 Å². The first-order valence-electron chi connectivity index (χ1n) is 6.93. The van der Waals surface area contributed by atoms with Gasteiger partial charge >= 0.3 is 0 Å². The van der Waals surface area contributed by atoms with E-state index in [0.717, 1.165) is 31.0 Å². The summed E-state index contributed by atoms with van der Waals surface area (Å²) in [6.07, 6.45) is 5.56. The van der Waals surface area contributed by atoms with E-state index in [1.807, 2.05) is 12.1 Å². The number of anilines is 1. The highest BCUT2D eigenvalue weighted by Gasteiger charge is 2.13. The van der Waals surface area contributed by atoms with E-state index in [-0.39, 0.29) is 0 Å². The van der Waals surface area contributed by atoms with Crippen LogP contribution in [0.25, 0.3) is 11.5 Å². The van der Waals surface area contributed by atoms with Crippen molar-refractivity contribution in [2.75, 3.05) is 18.5 Å². The largest absolute Gasteiger partial charge is 0.376 e. The number of hydrogen-bond donors (Lipinski definition) is 1. The van der Waals surface area contributed by atoms with E-state index >= 15 is 0 Å². The lowest BCUT2D eigenvalue weighted by Crippen LogP contribution is -2.27. The summed E-state index contributed by atoms with van der Waals surface area (Å²) in [6, 6.07) is 3.84. The molecule has 0 aliphatic carbocycles. The molecule has 0 saturated carbocycles. The number of pyridine rings is 1. The van der Waals surface area contributed by atoms with E-state index in [9.17, 15) is 0 Å². The number of rotatable bonds is 4. The summed E-state index contributed by atoms with van der Waals surface area (Å²) < 4.78 is 10.8. The molecule has 20 heavy (non-hydrogen) atoms. The molecular formula is C14H18N4O2. The van der Waals surface area contributed by atoms with Gasteiger partial charge in [-0.25, -0.2) is 4.98 Å². The Balaban J connectivity index is 1.58. The maximum Gasteiger partial charge on any atom is 0.259 e. The number of ether oxygens (including phenoxy) is 1. The van der Waals surface area contributed by atoms with Crippen LogP contribution >= 0.6 is 0 Å². The van der Waals surface area contributed by atoms with Crippen LogP contribution in [0.1, 0.15) is 25.1 Å². The standard InChI is InChI=1S/C14H18N4O2/c1-10-17-14(20-18-10)11-5-6-13(15-8-11)16-9-12-4-2-3-7-19-12/h5-6,8,12H,2-4,7,9H2,1H3,(H,15,16)/t12-/m0/s1. The van der Waals surface area contributed by atoms with Crippen molar-refractivity contribution in [1.82, 2.24) is 15.1 Å². The van der Waals surface area contributed by atoms with Crippen LogP contribution in [0.3, 0.4) is 0 Å². The van der Waals surface area contributed by atoms with Gasteiger partial charge in [0.25, 0.3) is 5.89 Å². The number of nitrogens with one attached hydrogen (secondary N) is 1. The second-order valence-electron chi connectivity index (χ2n) is 4.95. The molecule has 1 atom stereocenters. The zero-order chi connectivity index (χ0) is 13.8. The minimum Gasteiger partial charge on any atom is -0.376 e. The lowest BCUT2D eigenvalue weighted by Gasteiger charge is -2.22. The Morgan fingerprint density at radius 1 is 1.35 bits per heavy atom. The van der Waals surface area contributed by atoms with Gasteiger partial charge < -0.3 is 14.6 Å². The van der Waals surface area contributed by atoms with Crippen LogP contribution in [0, 0.1) is 6.92 Å². The lowest BCUT2D eigenvalue weighted by molar-refractivity contribution is 0.0247. The molecule has 2 aromatic rings. The van der Waals surface area contributed by atoms with Crippen molar-refractivity contribution in [1.29, 1.82) is 0 Å². The fourth-order valence-electron chi connectivity index (χ4n) is 2.23. The molecule has 3 rings (SSSR count). The summed E-state index contributed by atoms with van der Waals surface area (Å²) in [5.74, 6) is 1.95. The molecule has 3 heterocycles. The van der Waals surface area contributed by atoms with Crippen molar-refractivity contribution in [2.45, 2.75) is 32.3 Å². The number of hydrogen-bond acceptors (Lipinski definition) is 6. The van der Waals surface area contributed by atoms with E-state index < -0.39 is 0 Å². The minimum atomic E-state index is 0.295. The highest BCUT2D eigenvalue weighted by atomic mass is 16.5. The first kappa shape index (κ1) is 13.1. The van der Waals surface area contributed by atoms with Crippen molar-refractivity contribution in [3.05, 3.63) is 24.2 Å². The van der Waals surface area contributed by atoms with E-state index in [0.29, 0.717) is 17.8 Å². The zero-order valence-electron chi connectivity index (χ0n) is 11.5. The smallest absolute Gasteiger partial charge is 0.259 e. The van der Waals surface area contributed by atoms with Crippen LogP contribution in [0.15, 0.2) is 22.9 Å².